The van der Waals surface area contributed by atoms with Crippen LogP contribution in [-0.2, 0) is 4.74 Å². The summed E-state index contributed by atoms with van der Waals surface area (Å²) < 4.78 is 5.37. The molecule has 1 fully saturated rings. The number of rotatable bonds is 3. The van der Waals surface area contributed by atoms with Gasteiger partial charge < -0.3 is 14.7 Å². The Morgan fingerprint density at radius 2 is 2.17 bits per heavy atom. The second kappa shape index (κ2) is 5.74. The largest absolute Gasteiger partial charge is 0.444 e. The number of aliphatic hydroxyl groups is 1. The van der Waals surface area contributed by atoms with Gasteiger partial charge in [0.05, 0.1) is 12.1 Å². The van der Waals surface area contributed by atoms with Gasteiger partial charge in [-0.3, -0.25) is 0 Å². The van der Waals surface area contributed by atoms with Crippen LogP contribution in [0.3, 0.4) is 0 Å². The molecule has 1 saturated heterocycles. The minimum atomic E-state index is -0.572. The number of amides is 1. The summed E-state index contributed by atoms with van der Waals surface area (Å²) in [5, 5.41) is 10.2. The maximum Gasteiger partial charge on any atom is 0.410 e. The summed E-state index contributed by atoms with van der Waals surface area (Å²) in [6, 6.07) is -0.159. The van der Waals surface area contributed by atoms with E-state index in [1.165, 1.54) is 0 Å². The van der Waals surface area contributed by atoms with E-state index < -0.39 is 11.7 Å². The van der Waals surface area contributed by atoms with Crippen molar-refractivity contribution in [2.45, 2.75) is 58.3 Å². The maximum absolute atomic E-state index is 12.1. The number of nitrogens with zero attached hydrogens (tertiary/aromatic N) is 1. The summed E-state index contributed by atoms with van der Waals surface area (Å²) in [5.41, 5.74) is -0.501. The van der Waals surface area contributed by atoms with Gasteiger partial charge in [-0.2, -0.15) is 0 Å². The van der Waals surface area contributed by atoms with Crippen LogP contribution in [0.5, 0.6) is 0 Å². The third kappa shape index (κ3) is 3.73. The van der Waals surface area contributed by atoms with E-state index >= 15 is 0 Å². The van der Waals surface area contributed by atoms with E-state index in [1.54, 1.807) is 11.0 Å². The van der Waals surface area contributed by atoms with Crippen molar-refractivity contribution in [1.29, 1.82) is 0 Å². The topological polar surface area (TPSA) is 49.8 Å². The van der Waals surface area contributed by atoms with Crippen LogP contribution >= 0.6 is 0 Å². The molecule has 0 unspecified atom stereocenters. The Bertz CT molecular complexity index is 309. The lowest BCUT2D eigenvalue weighted by atomic mass is 9.96. The molecule has 0 saturated carbocycles. The molecule has 3 atom stereocenters. The molecular weight excluding hydrogens is 230 g/mol. The normalized spacial score (nSPS) is 23.6. The maximum atomic E-state index is 12.1. The van der Waals surface area contributed by atoms with E-state index in [0.717, 1.165) is 12.8 Å². The Morgan fingerprint density at radius 3 is 2.67 bits per heavy atom. The lowest BCUT2D eigenvalue weighted by molar-refractivity contribution is -0.00100. The summed E-state index contributed by atoms with van der Waals surface area (Å²) in [6.07, 6.45) is 2.54. The predicted molar refractivity (Wildman–Crippen MR) is 71.3 cm³/mol. The number of aliphatic hydroxyl groups excluding tert-OH is 1. The molecular formula is C14H25NO3. The molecule has 1 heterocycles. The van der Waals surface area contributed by atoms with Crippen LogP contribution in [0.4, 0.5) is 4.79 Å². The molecule has 0 aromatic heterocycles. The molecule has 0 spiro atoms. The Morgan fingerprint density at radius 1 is 1.56 bits per heavy atom. The summed E-state index contributed by atoms with van der Waals surface area (Å²) in [4.78, 5) is 13.7. The van der Waals surface area contributed by atoms with Crippen molar-refractivity contribution in [3.63, 3.8) is 0 Å². The standard InChI is InChI=1S/C14H25NO3/c1-6-10(2)12(16)11-8-7-9-15(11)13(17)18-14(3,4)5/h6,10-12,16H,1,7-9H2,2-5H3/t10-,11-,12+/m0/s1. The fraction of sp³-hybridized carbons (Fsp3) is 0.786. The summed E-state index contributed by atoms with van der Waals surface area (Å²) >= 11 is 0. The highest BCUT2D eigenvalue weighted by atomic mass is 16.6. The van der Waals surface area contributed by atoms with Crippen molar-refractivity contribution in [2.75, 3.05) is 6.54 Å². The monoisotopic (exact) mass is 255 g/mol. The van der Waals surface area contributed by atoms with Crippen molar-refractivity contribution in [3.05, 3.63) is 12.7 Å². The second-order valence-corrected chi connectivity index (χ2v) is 5.97. The number of carbonyl (C=O) groups excluding carboxylic acids is 1. The van der Waals surface area contributed by atoms with Gasteiger partial charge in [0.25, 0.3) is 0 Å². The van der Waals surface area contributed by atoms with Crippen LogP contribution in [0.1, 0.15) is 40.5 Å². The van der Waals surface area contributed by atoms with Crippen molar-refractivity contribution in [1.82, 2.24) is 4.90 Å². The van der Waals surface area contributed by atoms with Gasteiger partial charge in [0, 0.05) is 12.5 Å². The lowest BCUT2D eigenvalue weighted by Crippen LogP contribution is -2.46. The van der Waals surface area contributed by atoms with Crippen LogP contribution in [-0.4, -0.2) is 40.4 Å². The molecule has 18 heavy (non-hydrogen) atoms. The van der Waals surface area contributed by atoms with Gasteiger partial charge in [-0.25, -0.2) is 4.79 Å². The number of hydrogen-bond donors (Lipinski definition) is 1. The summed E-state index contributed by atoms with van der Waals surface area (Å²) in [7, 11) is 0. The zero-order valence-electron chi connectivity index (χ0n) is 11.8. The quantitative estimate of drug-likeness (QED) is 0.788. The van der Waals surface area contributed by atoms with E-state index in [1.807, 2.05) is 27.7 Å². The Balaban J connectivity index is 2.70. The zero-order valence-corrected chi connectivity index (χ0v) is 11.8. The Hall–Kier alpha value is -1.03. The molecule has 1 N–H and O–H groups in total. The molecule has 4 heteroatoms. The molecule has 1 rings (SSSR count). The molecule has 0 aromatic carbocycles. The third-order valence-corrected chi connectivity index (χ3v) is 3.23. The molecule has 0 aromatic rings. The highest BCUT2D eigenvalue weighted by molar-refractivity contribution is 5.69. The van der Waals surface area contributed by atoms with Gasteiger partial charge in [-0.05, 0) is 33.6 Å². The van der Waals surface area contributed by atoms with Crippen molar-refractivity contribution in [2.24, 2.45) is 5.92 Å². The van der Waals surface area contributed by atoms with E-state index in [4.69, 9.17) is 4.74 Å². The molecule has 0 radical (unpaired) electrons. The van der Waals surface area contributed by atoms with E-state index in [-0.39, 0.29) is 18.1 Å². The molecule has 1 aliphatic rings. The van der Waals surface area contributed by atoms with Crippen molar-refractivity contribution < 1.29 is 14.6 Å². The van der Waals surface area contributed by atoms with Crippen molar-refractivity contribution in [3.8, 4) is 0 Å². The smallest absolute Gasteiger partial charge is 0.410 e. The number of ether oxygens (including phenoxy) is 1. The van der Waals surface area contributed by atoms with Gasteiger partial charge >= 0.3 is 6.09 Å². The second-order valence-electron chi connectivity index (χ2n) is 5.97. The molecule has 0 bridgehead atoms. The van der Waals surface area contributed by atoms with Crippen LogP contribution in [0.2, 0.25) is 0 Å². The number of likely N-dealkylation sites (tertiary alicyclic amines) is 1. The van der Waals surface area contributed by atoms with Crippen molar-refractivity contribution >= 4 is 6.09 Å². The first-order valence-corrected chi connectivity index (χ1v) is 6.56. The predicted octanol–water partition coefficient (Wildman–Crippen LogP) is 2.57. The van der Waals surface area contributed by atoms with E-state index in [0.29, 0.717) is 6.54 Å². The molecule has 104 valence electrons. The highest BCUT2D eigenvalue weighted by Crippen LogP contribution is 2.26. The minimum absolute atomic E-state index is 0.0296. The fourth-order valence-corrected chi connectivity index (χ4v) is 2.18. The van der Waals surface area contributed by atoms with E-state index in [9.17, 15) is 9.90 Å². The summed E-state index contributed by atoms with van der Waals surface area (Å²) in [6.45, 7) is 11.8. The van der Waals surface area contributed by atoms with Crippen LogP contribution in [0, 0.1) is 5.92 Å². The first-order valence-electron chi connectivity index (χ1n) is 6.56. The average molecular weight is 255 g/mol. The Kier molecular flexibility index (Phi) is 4.79. The molecule has 0 aliphatic carbocycles. The Labute approximate surface area is 110 Å². The van der Waals surface area contributed by atoms with Gasteiger partial charge in [0.1, 0.15) is 5.60 Å². The van der Waals surface area contributed by atoms with Crippen LogP contribution < -0.4 is 0 Å². The molecule has 1 amide bonds. The van der Waals surface area contributed by atoms with Gasteiger partial charge in [0.15, 0.2) is 0 Å². The van der Waals surface area contributed by atoms with Gasteiger partial charge in [-0.15, -0.1) is 6.58 Å². The van der Waals surface area contributed by atoms with Crippen LogP contribution in [0.25, 0.3) is 0 Å². The SMILES string of the molecule is C=C[C@H](C)[C@@H](O)[C@@H]1CCCN1C(=O)OC(C)(C)C. The third-order valence-electron chi connectivity index (χ3n) is 3.23. The molecule has 4 nitrogen and oxygen atoms in total. The van der Waals surface area contributed by atoms with Crippen LogP contribution in [0.15, 0.2) is 12.7 Å². The zero-order chi connectivity index (χ0) is 13.9. The minimum Gasteiger partial charge on any atom is -0.444 e. The first-order chi connectivity index (χ1) is 8.26. The van der Waals surface area contributed by atoms with Gasteiger partial charge in [0.2, 0.25) is 0 Å². The summed E-state index contributed by atoms with van der Waals surface area (Å²) in [5.74, 6) is -0.0296. The fourth-order valence-electron chi connectivity index (χ4n) is 2.18. The number of hydrogen-bond acceptors (Lipinski definition) is 3. The van der Waals surface area contributed by atoms with E-state index in [2.05, 4.69) is 6.58 Å². The lowest BCUT2D eigenvalue weighted by Gasteiger charge is -2.32. The van der Waals surface area contributed by atoms with Gasteiger partial charge in [-0.1, -0.05) is 13.0 Å². The average Bonchev–Trinajstić information content (AvgIpc) is 2.73. The highest BCUT2D eigenvalue weighted by Gasteiger charge is 2.37. The molecule has 1 aliphatic heterocycles. The first kappa shape index (κ1) is 15.0. The number of carbonyl (C=O) groups is 1.